The quantitative estimate of drug-likeness (QED) is 0.699. The molecule has 3 aromatic rings. The van der Waals surface area contributed by atoms with E-state index in [0.717, 1.165) is 10.9 Å². The second-order valence-electron chi connectivity index (χ2n) is 4.36. The Labute approximate surface area is 115 Å². The molecule has 0 bridgehead atoms. The topological polar surface area (TPSA) is 62.2 Å². The number of nitrogens with zero attached hydrogens (tertiary/aromatic N) is 1. The molecule has 0 saturated carbocycles. The summed E-state index contributed by atoms with van der Waals surface area (Å²) < 4.78 is 0. The highest BCUT2D eigenvalue weighted by atomic mass is 16.3. The molecule has 0 spiro atoms. The zero-order valence-electron chi connectivity index (χ0n) is 10.6. The molecule has 4 heteroatoms. The van der Waals surface area contributed by atoms with Crippen molar-refractivity contribution < 1.29 is 9.90 Å². The summed E-state index contributed by atoms with van der Waals surface area (Å²) in [5.41, 5.74) is 1.44. The van der Waals surface area contributed by atoms with Crippen LogP contribution in [0, 0.1) is 0 Å². The smallest absolute Gasteiger partial charge is 0.274 e. The van der Waals surface area contributed by atoms with Gasteiger partial charge in [-0.25, -0.2) is 4.98 Å². The lowest BCUT2D eigenvalue weighted by Gasteiger charge is -2.07. The van der Waals surface area contributed by atoms with E-state index in [9.17, 15) is 9.90 Å². The highest BCUT2D eigenvalue weighted by Crippen LogP contribution is 2.22. The van der Waals surface area contributed by atoms with Gasteiger partial charge in [0.15, 0.2) is 0 Å². The number of carbonyl (C=O) groups excluding carboxylic acids is 1. The van der Waals surface area contributed by atoms with Crippen LogP contribution in [0.4, 0.5) is 5.69 Å². The van der Waals surface area contributed by atoms with E-state index in [2.05, 4.69) is 10.3 Å². The number of anilines is 1. The van der Waals surface area contributed by atoms with Crippen molar-refractivity contribution in [3.8, 4) is 5.75 Å². The number of aromatic hydroxyl groups is 1. The van der Waals surface area contributed by atoms with Gasteiger partial charge >= 0.3 is 0 Å². The monoisotopic (exact) mass is 264 g/mol. The van der Waals surface area contributed by atoms with Gasteiger partial charge in [0.05, 0.1) is 11.2 Å². The van der Waals surface area contributed by atoms with Crippen molar-refractivity contribution in [3.63, 3.8) is 0 Å². The van der Waals surface area contributed by atoms with Crippen molar-refractivity contribution in [1.82, 2.24) is 4.98 Å². The molecular formula is C16H12N2O2. The Morgan fingerprint density at radius 2 is 1.70 bits per heavy atom. The van der Waals surface area contributed by atoms with Gasteiger partial charge in [-0.15, -0.1) is 0 Å². The number of hydrogen-bond donors (Lipinski definition) is 2. The minimum absolute atomic E-state index is 0.0293. The number of amides is 1. The number of benzene rings is 2. The lowest BCUT2D eigenvalue weighted by Crippen LogP contribution is -2.13. The number of nitrogens with one attached hydrogen (secondary N) is 1. The number of fused-ring (bicyclic) bond motifs is 1. The van der Waals surface area contributed by atoms with Crippen LogP contribution in [0.2, 0.25) is 0 Å². The minimum Gasteiger partial charge on any atom is -0.506 e. The van der Waals surface area contributed by atoms with E-state index in [-0.39, 0.29) is 11.7 Å². The molecule has 2 aromatic carbocycles. The van der Waals surface area contributed by atoms with Crippen LogP contribution in [0.25, 0.3) is 10.9 Å². The number of aromatic nitrogens is 1. The highest BCUT2D eigenvalue weighted by molar-refractivity contribution is 6.04. The van der Waals surface area contributed by atoms with Crippen LogP contribution in [-0.4, -0.2) is 16.0 Å². The molecule has 0 saturated heterocycles. The minimum atomic E-state index is -0.350. The Bertz CT molecular complexity index is 784. The molecule has 0 atom stereocenters. The van der Waals surface area contributed by atoms with Crippen molar-refractivity contribution in [2.75, 3.05) is 5.32 Å². The first-order valence-electron chi connectivity index (χ1n) is 6.19. The standard InChI is InChI=1S/C16H12N2O2/c19-15-8-4-3-7-13(15)18-16(20)14-10-9-11-5-1-2-6-12(11)17-14/h1-10,19H,(H,18,20). The van der Waals surface area contributed by atoms with E-state index in [0.29, 0.717) is 11.4 Å². The summed E-state index contributed by atoms with van der Waals surface area (Å²) in [7, 11) is 0. The van der Waals surface area contributed by atoms with Crippen LogP contribution in [0.1, 0.15) is 10.5 Å². The number of pyridine rings is 1. The van der Waals surface area contributed by atoms with Crippen LogP contribution >= 0.6 is 0 Å². The lowest BCUT2D eigenvalue weighted by atomic mass is 10.2. The van der Waals surface area contributed by atoms with Crippen LogP contribution in [0.5, 0.6) is 5.75 Å². The maximum Gasteiger partial charge on any atom is 0.274 e. The first-order chi connectivity index (χ1) is 9.74. The normalized spacial score (nSPS) is 10.4. The van der Waals surface area contributed by atoms with E-state index < -0.39 is 0 Å². The first-order valence-corrected chi connectivity index (χ1v) is 6.19. The summed E-state index contributed by atoms with van der Waals surface area (Å²) in [6.07, 6.45) is 0. The number of rotatable bonds is 2. The molecule has 1 aromatic heterocycles. The molecule has 0 aliphatic rings. The van der Waals surface area contributed by atoms with E-state index in [4.69, 9.17) is 0 Å². The third-order valence-corrected chi connectivity index (χ3v) is 2.98. The fourth-order valence-electron chi connectivity index (χ4n) is 1.96. The molecule has 0 aliphatic carbocycles. The predicted molar refractivity (Wildman–Crippen MR) is 77.8 cm³/mol. The van der Waals surface area contributed by atoms with Crippen molar-refractivity contribution in [1.29, 1.82) is 0 Å². The molecular weight excluding hydrogens is 252 g/mol. The first kappa shape index (κ1) is 12.2. The molecule has 98 valence electrons. The summed E-state index contributed by atoms with van der Waals surface area (Å²) in [4.78, 5) is 16.4. The number of hydrogen-bond acceptors (Lipinski definition) is 3. The molecule has 1 heterocycles. The maximum atomic E-state index is 12.1. The summed E-state index contributed by atoms with van der Waals surface area (Å²) >= 11 is 0. The molecule has 2 N–H and O–H groups in total. The molecule has 0 radical (unpaired) electrons. The van der Waals surface area contributed by atoms with Gasteiger partial charge in [0.1, 0.15) is 11.4 Å². The number of phenols is 1. The SMILES string of the molecule is O=C(Nc1ccccc1O)c1ccc2ccccc2n1. The van der Waals surface area contributed by atoms with Crippen LogP contribution < -0.4 is 5.32 Å². The predicted octanol–water partition coefficient (Wildman–Crippen LogP) is 3.19. The summed E-state index contributed by atoms with van der Waals surface area (Å²) in [5.74, 6) is -0.320. The second-order valence-corrected chi connectivity index (χ2v) is 4.36. The zero-order chi connectivity index (χ0) is 13.9. The van der Waals surface area contributed by atoms with E-state index in [1.165, 1.54) is 6.07 Å². The fraction of sp³-hybridized carbons (Fsp3) is 0. The Hall–Kier alpha value is -2.88. The third kappa shape index (κ3) is 2.31. The zero-order valence-corrected chi connectivity index (χ0v) is 10.6. The Morgan fingerprint density at radius 1 is 0.950 bits per heavy atom. The van der Waals surface area contributed by atoms with Crippen molar-refractivity contribution >= 4 is 22.5 Å². The second kappa shape index (κ2) is 5.01. The molecule has 0 fully saturated rings. The Kier molecular flexibility index (Phi) is 3.05. The van der Waals surface area contributed by atoms with Gasteiger partial charge in [0.25, 0.3) is 5.91 Å². The largest absolute Gasteiger partial charge is 0.506 e. The molecule has 1 amide bonds. The van der Waals surface area contributed by atoms with Crippen LogP contribution in [0.15, 0.2) is 60.7 Å². The number of carbonyl (C=O) groups is 1. The maximum absolute atomic E-state index is 12.1. The Balaban J connectivity index is 1.91. The van der Waals surface area contributed by atoms with Crippen molar-refractivity contribution in [2.45, 2.75) is 0 Å². The van der Waals surface area contributed by atoms with Gasteiger partial charge in [-0.3, -0.25) is 4.79 Å². The summed E-state index contributed by atoms with van der Waals surface area (Å²) in [6, 6.07) is 17.7. The van der Waals surface area contributed by atoms with Gasteiger partial charge in [0.2, 0.25) is 0 Å². The van der Waals surface area contributed by atoms with Gasteiger partial charge in [0, 0.05) is 5.39 Å². The lowest BCUT2D eigenvalue weighted by molar-refractivity contribution is 0.102. The van der Waals surface area contributed by atoms with Crippen LogP contribution in [-0.2, 0) is 0 Å². The van der Waals surface area contributed by atoms with Crippen molar-refractivity contribution in [3.05, 3.63) is 66.4 Å². The average molecular weight is 264 g/mol. The molecule has 20 heavy (non-hydrogen) atoms. The van der Waals surface area contributed by atoms with Gasteiger partial charge in [-0.2, -0.15) is 0 Å². The number of para-hydroxylation sites is 3. The molecule has 0 unspecified atom stereocenters. The Morgan fingerprint density at radius 3 is 2.55 bits per heavy atom. The van der Waals surface area contributed by atoms with Gasteiger partial charge in [-0.05, 0) is 24.3 Å². The fourth-order valence-corrected chi connectivity index (χ4v) is 1.96. The van der Waals surface area contributed by atoms with E-state index in [1.807, 2.05) is 30.3 Å². The van der Waals surface area contributed by atoms with Crippen LogP contribution in [0.3, 0.4) is 0 Å². The molecule has 4 nitrogen and oxygen atoms in total. The molecule has 3 rings (SSSR count). The highest BCUT2D eigenvalue weighted by Gasteiger charge is 2.10. The summed E-state index contributed by atoms with van der Waals surface area (Å²) in [6.45, 7) is 0. The van der Waals surface area contributed by atoms with Gasteiger partial charge in [-0.1, -0.05) is 36.4 Å². The third-order valence-electron chi connectivity index (χ3n) is 2.98. The van der Waals surface area contributed by atoms with E-state index >= 15 is 0 Å². The summed E-state index contributed by atoms with van der Waals surface area (Å²) in [5, 5.41) is 13.3. The van der Waals surface area contributed by atoms with E-state index in [1.54, 1.807) is 24.3 Å². The van der Waals surface area contributed by atoms with Crippen molar-refractivity contribution in [2.24, 2.45) is 0 Å². The molecule has 0 aliphatic heterocycles. The average Bonchev–Trinajstić information content (AvgIpc) is 2.49. The van der Waals surface area contributed by atoms with Gasteiger partial charge < -0.3 is 10.4 Å². The number of phenolic OH excluding ortho intramolecular Hbond substituents is 1.